The molecule has 0 aromatic heterocycles. The number of aliphatic hydroxyl groups is 2. The average Bonchev–Trinajstić information content (AvgIpc) is 3.09. The first-order valence-electron chi connectivity index (χ1n) is 20.2. The van der Waals surface area contributed by atoms with E-state index in [1.54, 1.807) is 0 Å². The number of aliphatic hydroxyl groups excluding tert-OH is 2. The maximum absolute atomic E-state index is 12.6. The number of esters is 1. The van der Waals surface area contributed by atoms with Crippen molar-refractivity contribution in [3.63, 3.8) is 0 Å². The van der Waals surface area contributed by atoms with Crippen LogP contribution in [0.4, 0.5) is 0 Å². The molecule has 3 atom stereocenters. The quantitative estimate of drug-likeness (QED) is 0.0246. The molecule has 3 N–H and O–H groups in total. The number of carbonyl (C=O) groups is 1. The zero-order valence-electron chi connectivity index (χ0n) is 31.7. The summed E-state index contributed by atoms with van der Waals surface area (Å²) < 4.78 is 33.3. The molecule has 9 nitrogen and oxygen atoms in total. The Labute approximate surface area is 300 Å². The van der Waals surface area contributed by atoms with Crippen LogP contribution in [0.5, 0.6) is 0 Å². The van der Waals surface area contributed by atoms with E-state index in [9.17, 15) is 19.4 Å². The van der Waals surface area contributed by atoms with Crippen molar-refractivity contribution in [2.24, 2.45) is 0 Å². The molecule has 10 heteroatoms. The van der Waals surface area contributed by atoms with E-state index in [1.807, 2.05) is 0 Å². The van der Waals surface area contributed by atoms with Gasteiger partial charge in [-0.1, -0.05) is 154 Å². The summed E-state index contributed by atoms with van der Waals surface area (Å²) in [6, 6.07) is 0. The highest BCUT2D eigenvalue weighted by Gasteiger charge is 2.26. The number of rotatable bonds is 39. The van der Waals surface area contributed by atoms with E-state index in [2.05, 4.69) is 26.0 Å². The minimum Gasteiger partial charge on any atom is -0.457 e. The fourth-order valence-electron chi connectivity index (χ4n) is 5.59. The zero-order valence-corrected chi connectivity index (χ0v) is 32.6. The summed E-state index contributed by atoms with van der Waals surface area (Å²) in [6.45, 7) is 3.52. The van der Waals surface area contributed by atoms with Gasteiger partial charge in [0, 0.05) is 13.0 Å². The Hall–Kier alpha value is -0.800. The molecule has 0 aromatic rings. The Kier molecular flexibility index (Phi) is 36.4. The van der Waals surface area contributed by atoms with Crippen LogP contribution in [0.25, 0.3) is 0 Å². The van der Waals surface area contributed by atoms with Gasteiger partial charge in [0.1, 0.15) is 12.2 Å². The summed E-state index contributed by atoms with van der Waals surface area (Å²) in [5, 5.41) is 18.3. The van der Waals surface area contributed by atoms with Crippen molar-refractivity contribution in [3.05, 3.63) is 12.2 Å². The van der Waals surface area contributed by atoms with E-state index in [0.29, 0.717) is 6.61 Å². The van der Waals surface area contributed by atoms with E-state index in [0.717, 1.165) is 51.4 Å². The number of hydrogen-bond acceptors (Lipinski definition) is 8. The van der Waals surface area contributed by atoms with Crippen molar-refractivity contribution < 1.29 is 43.0 Å². The lowest BCUT2D eigenvalue weighted by molar-refractivity contribution is -0.154. The summed E-state index contributed by atoms with van der Waals surface area (Å²) in [6.07, 6.45) is 34.5. The van der Waals surface area contributed by atoms with Crippen LogP contribution in [0.2, 0.25) is 0 Å². The highest BCUT2D eigenvalue weighted by Crippen LogP contribution is 2.43. The third-order valence-corrected chi connectivity index (χ3v) is 9.65. The van der Waals surface area contributed by atoms with Crippen molar-refractivity contribution in [2.45, 2.75) is 199 Å². The van der Waals surface area contributed by atoms with Gasteiger partial charge in [-0.25, -0.2) is 4.57 Å². The summed E-state index contributed by atoms with van der Waals surface area (Å²) in [5.41, 5.74) is 0. The summed E-state index contributed by atoms with van der Waals surface area (Å²) in [5.74, 6) is -0.389. The first-order chi connectivity index (χ1) is 23.8. The van der Waals surface area contributed by atoms with Gasteiger partial charge in [0.25, 0.3) is 0 Å². The van der Waals surface area contributed by atoms with Crippen molar-refractivity contribution in [3.8, 4) is 0 Å². The molecule has 0 aromatic carbocycles. The highest BCUT2D eigenvalue weighted by molar-refractivity contribution is 7.47. The van der Waals surface area contributed by atoms with Gasteiger partial charge >= 0.3 is 13.8 Å². The van der Waals surface area contributed by atoms with E-state index in [1.165, 1.54) is 116 Å². The SMILES string of the molecule is CCCCCCCCC/C=C\CCCCCCCC(=O)OC(COCCCCCCCCCCCCCC)COP(=O)(O)OCC(O)CO. The predicted molar refractivity (Wildman–Crippen MR) is 201 cm³/mol. The Morgan fingerprint density at radius 2 is 1.04 bits per heavy atom. The molecule has 3 unspecified atom stereocenters. The molecule has 0 aliphatic carbocycles. The van der Waals surface area contributed by atoms with Crippen LogP contribution in [-0.2, 0) is 27.9 Å². The molecule has 0 aliphatic rings. The monoisotopic (exact) mass is 721 g/mol. The molecule has 49 heavy (non-hydrogen) atoms. The molecule has 0 rings (SSSR count). The molecule has 0 aliphatic heterocycles. The topological polar surface area (TPSA) is 132 Å². The number of unbranched alkanes of at least 4 members (excludes halogenated alkanes) is 23. The van der Waals surface area contributed by atoms with Crippen molar-refractivity contribution in [1.29, 1.82) is 0 Å². The normalized spacial score (nSPS) is 14.3. The predicted octanol–water partition coefficient (Wildman–Crippen LogP) is 10.5. The molecule has 0 heterocycles. The van der Waals surface area contributed by atoms with E-state index in [-0.39, 0.29) is 25.6 Å². The van der Waals surface area contributed by atoms with Crippen LogP contribution in [0.1, 0.15) is 187 Å². The second kappa shape index (κ2) is 37.0. The van der Waals surface area contributed by atoms with Crippen LogP contribution in [0.15, 0.2) is 12.2 Å². The molecule has 0 amide bonds. The van der Waals surface area contributed by atoms with Gasteiger partial charge in [0.15, 0.2) is 0 Å². The van der Waals surface area contributed by atoms with Crippen LogP contribution in [-0.4, -0.2) is 66.3 Å². The Morgan fingerprint density at radius 1 is 0.612 bits per heavy atom. The lowest BCUT2D eigenvalue weighted by Gasteiger charge is -2.20. The number of phosphoric ester groups is 1. The number of carbonyl (C=O) groups excluding carboxylic acids is 1. The van der Waals surface area contributed by atoms with Gasteiger partial charge in [-0.05, 0) is 38.5 Å². The molecule has 0 bridgehead atoms. The van der Waals surface area contributed by atoms with Gasteiger partial charge in [0.05, 0.1) is 26.4 Å². The zero-order chi connectivity index (χ0) is 36.1. The Bertz CT molecular complexity index is 780. The number of allylic oxidation sites excluding steroid dienone is 2. The lowest BCUT2D eigenvalue weighted by Crippen LogP contribution is -2.29. The van der Waals surface area contributed by atoms with Gasteiger partial charge in [0.2, 0.25) is 0 Å². The maximum Gasteiger partial charge on any atom is 0.472 e. The van der Waals surface area contributed by atoms with Crippen molar-refractivity contribution >= 4 is 13.8 Å². The smallest absolute Gasteiger partial charge is 0.457 e. The van der Waals surface area contributed by atoms with E-state index < -0.39 is 33.2 Å². The summed E-state index contributed by atoms with van der Waals surface area (Å²) >= 11 is 0. The standard InChI is InChI=1S/C39H77O9P/c1-3-5-7-9-11-13-15-17-18-19-20-21-23-25-27-29-31-39(42)48-38(36-47-49(43,44)46-34-37(41)33-40)35-45-32-30-28-26-24-22-16-14-12-10-8-6-4-2/h18-19,37-38,40-41H,3-17,20-36H2,1-2H3,(H,43,44)/b19-18-. The fraction of sp³-hybridized carbons (Fsp3) is 0.923. The maximum atomic E-state index is 12.6. The van der Waals surface area contributed by atoms with Crippen LogP contribution < -0.4 is 0 Å². The van der Waals surface area contributed by atoms with Crippen molar-refractivity contribution in [1.82, 2.24) is 0 Å². The molecular formula is C39H77O9P. The number of ether oxygens (including phenoxy) is 2. The minimum atomic E-state index is -4.51. The molecule has 0 saturated carbocycles. The van der Waals surface area contributed by atoms with Crippen LogP contribution >= 0.6 is 7.82 Å². The first kappa shape index (κ1) is 48.2. The van der Waals surface area contributed by atoms with E-state index >= 15 is 0 Å². The highest BCUT2D eigenvalue weighted by atomic mass is 31.2. The molecule has 292 valence electrons. The van der Waals surface area contributed by atoms with Gasteiger partial charge in [-0.2, -0.15) is 0 Å². The average molecular weight is 721 g/mol. The molecule has 0 spiro atoms. The summed E-state index contributed by atoms with van der Waals surface area (Å²) in [7, 11) is -4.51. The van der Waals surface area contributed by atoms with Gasteiger partial charge < -0.3 is 24.6 Å². The van der Waals surface area contributed by atoms with Crippen molar-refractivity contribution in [2.75, 3.05) is 33.0 Å². The second-order valence-electron chi connectivity index (χ2n) is 13.7. The Balaban J connectivity index is 4.20. The van der Waals surface area contributed by atoms with E-state index in [4.69, 9.17) is 23.6 Å². The minimum absolute atomic E-state index is 0.0511. The fourth-order valence-corrected chi connectivity index (χ4v) is 6.37. The molecular weight excluding hydrogens is 643 g/mol. The number of phosphoric acid groups is 1. The lowest BCUT2D eigenvalue weighted by atomic mass is 10.1. The second-order valence-corrected chi connectivity index (χ2v) is 15.1. The van der Waals surface area contributed by atoms with Crippen LogP contribution in [0, 0.1) is 0 Å². The first-order valence-corrected chi connectivity index (χ1v) is 21.7. The van der Waals surface area contributed by atoms with Gasteiger partial charge in [-0.15, -0.1) is 0 Å². The molecule has 0 radical (unpaired) electrons. The summed E-state index contributed by atoms with van der Waals surface area (Å²) in [4.78, 5) is 22.5. The largest absolute Gasteiger partial charge is 0.472 e. The Morgan fingerprint density at radius 3 is 1.53 bits per heavy atom. The molecule has 0 fully saturated rings. The third kappa shape index (κ3) is 36.8. The third-order valence-electron chi connectivity index (χ3n) is 8.70. The van der Waals surface area contributed by atoms with Crippen LogP contribution in [0.3, 0.4) is 0 Å². The van der Waals surface area contributed by atoms with Gasteiger partial charge in [-0.3, -0.25) is 13.8 Å². The number of hydrogen-bond donors (Lipinski definition) is 3. The molecule has 0 saturated heterocycles.